The van der Waals surface area contributed by atoms with E-state index in [0.29, 0.717) is 5.16 Å². The summed E-state index contributed by atoms with van der Waals surface area (Å²) in [5, 5.41) is 0.466. The first-order valence-corrected chi connectivity index (χ1v) is 6.03. The van der Waals surface area contributed by atoms with Gasteiger partial charge in [-0.3, -0.25) is 4.79 Å². The molecule has 0 aliphatic heterocycles. The summed E-state index contributed by atoms with van der Waals surface area (Å²) in [5.41, 5.74) is 0.136. The standard InChI is InChI=1S/C12H8F2N2OS/c13-9-3-2-8(6-10(9)14)11(17)7-18-12-15-4-1-5-16-12/h1-6H,7H2. The first-order chi connectivity index (χ1) is 8.66. The zero-order valence-electron chi connectivity index (χ0n) is 9.14. The van der Waals surface area contributed by atoms with Crippen LogP contribution in [0.15, 0.2) is 41.8 Å². The van der Waals surface area contributed by atoms with Crippen LogP contribution in [0.3, 0.4) is 0 Å². The Balaban J connectivity index is 2.02. The van der Waals surface area contributed by atoms with E-state index < -0.39 is 11.6 Å². The largest absolute Gasteiger partial charge is 0.293 e. The lowest BCUT2D eigenvalue weighted by Crippen LogP contribution is -2.04. The molecule has 0 radical (unpaired) electrons. The Kier molecular flexibility index (Phi) is 3.99. The Morgan fingerprint density at radius 1 is 1.17 bits per heavy atom. The van der Waals surface area contributed by atoms with E-state index in [1.54, 1.807) is 18.5 Å². The molecule has 0 saturated heterocycles. The van der Waals surface area contributed by atoms with Gasteiger partial charge in [-0.05, 0) is 24.3 Å². The van der Waals surface area contributed by atoms with E-state index in [2.05, 4.69) is 9.97 Å². The third-order valence-electron chi connectivity index (χ3n) is 2.12. The maximum absolute atomic E-state index is 12.9. The van der Waals surface area contributed by atoms with E-state index >= 15 is 0 Å². The highest BCUT2D eigenvalue weighted by Crippen LogP contribution is 2.15. The lowest BCUT2D eigenvalue weighted by molar-refractivity contribution is 0.102. The van der Waals surface area contributed by atoms with Gasteiger partial charge in [0.1, 0.15) is 0 Å². The molecule has 0 unspecified atom stereocenters. The van der Waals surface area contributed by atoms with Crippen LogP contribution in [0.4, 0.5) is 8.78 Å². The number of Topliss-reactive ketones (excluding diaryl/α,β-unsaturated/α-hetero) is 1. The molecule has 0 fully saturated rings. The van der Waals surface area contributed by atoms with Gasteiger partial charge in [0, 0.05) is 18.0 Å². The molecular weight excluding hydrogens is 258 g/mol. The number of aromatic nitrogens is 2. The van der Waals surface area contributed by atoms with Crippen molar-refractivity contribution in [2.45, 2.75) is 5.16 Å². The molecule has 0 saturated carbocycles. The number of ketones is 1. The minimum absolute atomic E-state index is 0.0785. The normalized spacial score (nSPS) is 10.3. The minimum atomic E-state index is -1.03. The first kappa shape index (κ1) is 12.6. The fourth-order valence-corrected chi connectivity index (χ4v) is 1.94. The van der Waals surface area contributed by atoms with Crippen molar-refractivity contribution in [1.82, 2.24) is 9.97 Å². The lowest BCUT2D eigenvalue weighted by Gasteiger charge is -2.01. The summed E-state index contributed by atoms with van der Waals surface area (Å²) in [4.78, 5) is 19.6. The van der Waals surface area contributed by atoms with Crippen LogP contribution < -0.4 is 0 Å². The molecule has 0 spiro atoms. The predicted octanol–water partition coefficient (Wildman–Crippen LogP) is 2.73. The number of nitrogens with zero attached hydrogens (tertiary/aromatic N) is 2. The number of hydrogen-bond donors (Lipinski definition) is 0. The van der Waals surface area contributed by atoms with Gasteiger partial charge in [-0.1, -0.05) is 11.8 Å². The Labute approximate surface area is 106 Å². The molecule has 0 amide bonds. The number of carbonyl (C=O) groups is 1. The highest BCUT2D eigenvalue weighted by molar-refractivity contribution is 7.99. The van der Waals surface area contributed by atoms with Crippen molar-refractivity contribution >= 4 is 17.5 Å². The fourth-order valence-electron chi connectivity index (χ4n) is 1.24. The topological polar surface area (TPSA) is 42.9 Å². The van der Waals surface area contributed by atoms with Crippen LogP contribution in [-0.2, 0) is 0 Å². The molecule has 1 aromatic carbocycles. The Bertz CT molecular complexity index is 563. The quantitative estimate of drug-likeness (QED) is 0.485. The fraction of sp³-hybridized carbons (Fsp3) is 0.0833. The smallest absolute Gasteiger partial charge is 0.187 e. The second-order valence-electron chi connectivity index (χ2n) is 3.37. The molecule has 3 nitrogen and oxygen atoms in total. The molecule has 6 heteroatoms. The number of halogens is 2. The van der Waals surface area contributed by atoms with Gasteiger partial charge in [0.25, 0.3) is 0 Å². The SMILES string of the molecule is O=C(CSc1ncccn1)c1ccc(F)c(F)c1. The summed E-state index contributed by atoms with van der Waals surface area (Å²) in [6.45, 7) is 0. The zero-order chi connectivity index (χ0) is 13.0. The molecule has 1 heterocycles. The number of benzene rings is 1. The van der Waals surface area contributed by atoms with Crippen LogP contribution in [0.5, 0.6) is 0 Å². The monoisotopic (exact) mass is 266 g/mol. The molecule has 0 N–H and O–H groups in total. The van der Waals surface area contributed by atoms with Gasteiger partial charge in [-0.15, -0.1) is 0 Å². The van der Waals surface area contributed by atoms with Gasteiger partial charge in [-0.25, -0.2) is 18.7 Å². The second kappa shape index (κ2) is 5.68. The van der Waals surface area contributed by atoms with Crippen molar-refractivity contribution < 1.29 is 13.6 Å². The van der Waals surface area contributed by atoms with Crippen LogP contribution in [0.1, 0.15) is 10.4 Å². The summed E-state index contributed by atoms with van der Waals surface area (Å²) in [6, 6.07) is 4.75. The molecule has 0 bridgehead atoms. The van der Waals surface area contributed by atoms with Crippen molar-refractivity contribution in [3.8, 4) is 0 Å². The maximum atomic E-state index is 12.9. The summed E-state index contributed by atoms with van der Waals surface area (Å²) in [5.74, 6) is -2.21. The minimum Gasteiger partial charge on any atom is -0.293 e. The molecule has 0 aliphatic rings. The summed E-state index contributed by atoms with van der Waals surface area (Å²) >= 11 is 1.15. The van der Waals surface area contributed by atoms with Crippen molar-refractivity contribution in [2.24, 2.45) is 0 Å². The van der Waals surface area contributed by atoms with Gasteiger partial charge in [0.2, 0.25) is 0 Å². The molecule has 18 heavy (non-hydrogen) atoms. The van der Waals surface area contributed by atoms with Gasteiger partial charge >= 0.3 is 0 Å². The lowest BCUT2D eigenvalue weighted by atomic mass is 10.1. The van der Waals surface area contributed by atoms with E-state index in [0.717, 1.165) is 23.9 Å². The molecule has 1 aromatic heterocycles. The Morgan fingerprint density at radius 3 is 2.56 bits per heavy atom. The first-order valence-electron chi connectivity index (χ1n) is 5.05. The average molecular weight is 266 g/mol. The van der Waals surface area contributed by atoms with Crippen molar-refractivity contribution in [3.63, 3.8) is 0 Å². The third-order valence-corrected chi connectivity index (χ3v) is 2.99. The number of hydrogen-bond acceptors (Lipinski definition) is 4. The van der Waals surface area contributed by atoms with Crippen LogP contribution >= 0.6 is 11.8 Å². The van der Waals surface area contributed by atoms with E-state index in [1.807, 2.05) is 0 Å². The van der Waals surface area contributed by atoms with E-state index in [-0.39, 0.29) is 17.1 Å². The van der Waals surface area contributed by atoms with E-state index in [1.165, 1.54) is 6.07 Å². The van der Waals surface area contributed by atoms with Gasteiger partial charge < -0.3 is 0 Å². The van der Waals surface area contributed by atoms with E-state index in [9.17, 15) is 13.6 Å². The molecular formula is C12H8F2N2OS. The molecule has 0 aliphatic carbocycles. The van der Waals surface area contributed by atoms with Gasteiger partial charge in [0.15, 0.2) is 22.6 Å². The van der Waals surface area contributed by atoms with E-state index in [4.69, 9.17) is 0 Å². The number of thioether (sulfide) groups is 1. The number of carbonyl (C=O) groups excluding carboxylic acids is 1. The zero-order valence-corrected chi connectivity index (χ0v) is 9.95. The molecule has 92 valence electrons. The van der Waals surface area contributed by atoms with Crippen molar-refractivity contribution in [2.75, 3.05) is 5.75 Å². The third kappa shape index (κ3) is 3.10. The molecule has 2 rings (SSSR count). The van der Waals surface area contributed by atoms with Crippen molar-refractivity contribution in [1.29, 1.82) is 0 Å². The van der Waals surface area contributed by atoms with Crippen LogP contribution in [0, 0.1) is 11.6 Å². The molecule has 2 aromatic rings. The number of rotatable bonds is 4. The average Bonchev–Trinajstić information content (AvgIpc) is 2.40. The molecule has 0 atom stereocenters. The van der Waals surface area contributed by atoms with Crippen LogP contribution in [0.2, 0.25) is 0 Å². The highest BCUT2D eigenvalue weighted by Gasteiger charge is 2.10. The Hall–Kier alpha value is -1.82. The Morgan fingerprint density at radius 2 is 1.89 bits per heavy atom. The van der Waals surface area contributed by atoms with Crippen LogP contribution in [0.25, 0.3) is 0 Å². The van der Waals surface area contributed by atoms with Crippen molar-refractivity contribution in [3.05, 3.63) is 53.9 Å². The second-order valence-corrected chi connectivity index (χ2v) is 4.31. The van der Waals surface area contributed by atoms with Crippen LogP contribution in [-0.4, -0.2) is 21.5 Å². The summed E-state index contributed by atoms with van der Waals surface area (Å²) in [6.07, 6.45) is 3.13. The summed E-state index contributed by atoms with van der Waals surface area (Å²) < 4.78 is 25.6. The highest BCUT2D eigenvalue weighted by atomic mass is 32.2. The van der Waals surface area contributed by atoms with Gasteiger partial charge in [-0.2, -0.15) is 0 Å². The maximum Gasteiger partial charge on any atom is 0.187 e. The predicted molar refractivity (Wildman–Crippen MR) is 63.4 cm³/mol. The summed E-state index contributed by atoms with van der Waals surface area (Å²) in [7, 11) is 0. The van der Waals surface area contributed by atoms with Gasteiger partial charge in [0.05, 0.1) is 5.75 Å².